The van der Waals surface area contributed by atoms with Gasteiger partial charge in [0.25, 0.3) is 0 Å². The summed E-state index contributed by atoms with van der Waals surface area (Å²) < 4.78 is 0. The molecule has 5 nitrogen and oxygen atoms in total. The largest absolute Gasteiger partial charge is 0.360 e. The zero-order valence-corrected chi connectivity index (χ0v) is 11.3. The van der Waals surface area contributed by atoms with Crippen LogP contribution in [0.2, 0.25) is 0 Å². The summed E-state index contributed by atoms with van der Waals surface area (Å²) >= 11 is 0. The van der Waals surface area contributed by atoms with E-state index in [0.717, 1.165) is 30.9 Å². The number of nitriles is 1. The minimum atomic E-state index is 0.00191. The van der Waals surface area contributed by atoms with Crippen molar-refractivity contribution in [3.63, 3.8) is 0 Å². The second-order valence-electron chi connectivity index (χ2n) is 4.97. The van der Waals surface area contributed by atoms with Gasteiger partial charge in [-0.1, -0.05) is 0 Å². The van der Waals surface area contributed by atoms with Crippen LogP contribution in [-0.4, -0.2) is 44.5 Å². The van der Waals surface area contributed by atoms with Gasteiger partial charge in [0.1, 0.15) is 0 Å². The van der Waals surface area contributed by atoms with E-state index in [1.807, 2.05) is 25.1 Å². The van der Waals surface area contributed by atoms with Gasteiger partial charge in [-0.05, 0) is 45.3 Å². The molecule has 1 N–H and O–H groups in total. The highest BCUT2D eigenvalue weighted by Gasteiger charge is 2.21. The number of hydrogen-bond acceptors (Lipinski definition) is 4. The third-order valence-electron chi connectivity index (χ3n) is 3.11. The Bertz CT molecular complexity index is 519. The third kappa shape index (κ3) is 3.24. The molecule has 0 saturated heterocycles. The van der Waals surface area contributed by atoms with Gasteiger partial charge < -0.3 is 15.1 Å². The quantitative estimate of drug-likeness (QED) is 0.883. The van der Waals surface area contributed by atoms with E-state index >= 15 is 0 Å². The molecule has 2 rings (SSSR count). The number of nitrogens with one attached hydrogen (secondary N) is 1. The van der Waals surface area contributed by atoms with Crippen molar-refractivity contribution in [1.29, 1.82) is 5.26 Å². The van der Waals surface area contributed by atoms with Crippen LogP contribution in [0.25, 0.3) is 0 Å². The molecule has 1 heterocycles. The molecule has 0 radical (unpaired) electrons. The molecular weight excluding hydrogens is 240 g/mol. The van der Waals surface area contributed by atoms with Crippen molar-refractivity contribution in [2.45, 2.75) is 6.42 Å². The molecule has 19 heavy (non-hydrogen) atoms. The predicted molar refractivity (Wildman–Crippen MR) is 75.2 cm³/mol. The molecule has 0 atom stereocenters. The van der Waals surface area contributed by atoms with Crippen molar-refractivity contribution in [2.24, 2.45) is 0 Å². The number of carbonyl (C=O) groups is 1. The van der Waals surface area contributed by atoms with Gasteiger partial charge in [0.2, 0.25) is 5.91 Å². The van der Waals surface area contributed by atoms with E-state index in [9.17, 15) is 4.79 Å². The lowest BCUT2D eigenvalue weighted by Crippen LogP contribution is -2.39. The van der Waals surface area contributed by atoms with Crippen LogP contribution >= 0.6 is 0 Å². The molecule has 100 valence electrons. The fourth-order valence-corrected chi connectivity index (χ4v) is 2.19. The van der Waals surface area contributed by atoms with Crippen molar-refractivity contribution < 1.29 is 4.79 Å². The maximum absolute atomic E-state index is 11.7. The monoisotopic (exact) mass is 258 g/mol. The topological polar surface area (TPSA) is 59.4 Å². The van der Waals surface area contributed by atoms with Gasteiger partial charge in [-0.15, -0.1) is 0 Å². The minimum Gasteiger partial charge on any atom is -0.360 e. The summed E-state index contributed by atoms with van der Waals surface area (Å²) in [5.41, 5.74) is 2.35. The van der Waals surface area contributed by atoms with Gasteiger partial charge in [-0.2, -0.15) is 5.26 Å². The molecule has 0 fully saturated rings. The summed E-state index contributed by atoms with van der Waals surface area (Å²) in [6, 6.07) is 7.49. The highest BCUT2D eigenvalue weighted by Crippen LogP contribution is 2.30. The lowest BCUT2D eigenvalue weighted by molar-refractivity contribution is -0.115. The fourth-order valence-electron chi connectivity index (χ4n) is 2.19. The van der Waals surface area contributed by atoms with Gasteiger partial charge in [0, 0.05) is 6.54 Å². The summed E-state index contributed by atoms with van der Waals surface area (Å²) in [7, 11) is 4.06. The lowest BCUT2D eigenvalue weighted by atomic mass is 10.1. The first-order valence-electron chi connectivity index (χ1n) is 6.34. The van der Waals surface area contributed by atoms with Gasteiger partial charge in [0.15, 0.2) is 0 Å². The molecule has 1 amide bonds. The summed E-state index contributed by atoms with van der Waals surface area (Å²) in [6.45, 7) is 2.15. The van der Waals surface area contributed by atoms with Crippen molar-refractivity contribution in [1.82, 2.24) is 4.90 Å². The summed E-state index contributed by atoms with van der Waals surface area (Å²) in [4.78, 5) is 15.8. The molecule has 0 saturated carbocycles. The predicted octanol–water partition coefficient (Wildman–Crippen LogP) is 1.27. The Labute approximate surface area is 113 Å². The average Bonchev–Trinajstić information content (AvgIpc) is 2.37. The van der Waals surface area contributed by atoms with Crippen LogP contribution in [0.5, 0.6) is 0 Å². The average molecular weight is 258 g/mol. The first-order valence-corrected chi connectivity index (χ1v) is 6.34. The van der Waals surface area contributed by atoms with E-state index in [4.69, 9.17) is 5.26 Å². The Morgan fingerprint density at radius 2 is 2.26 bits per heavy atom. The zero-order valence-electron chi connectivity index (χ0n) is 11.3. The molecule has 0 bridgehead atoms. The number of anilines is 2. The summed E-state index contributed by atoms with van der Waals surface area (Å²) in [5, 5.41) is 11.8. The lowest BCUT2D eigenvalue weighted by Gasteiger charge is -2.31. The van der Waals surface area contributed by atoms with Crippen LogP contribution in [0.4, 0.5) is 11.4 Å². The van der Waals surface area contributed by atoms with E-state index in [1.54, 1.807) is 12.1 Å². The third-order valence-corrected chi connectivity index (χ3v) is 3.11. The highest BCUT2D eigenvalue weighted by molar-refractivity contribution is 6.01. The second-order valence-corrected chi connectivity index (χ2v) is 4.97. The molecule has 0 unspecified atom stereocenters. The zero-order chi connectivity index (χ0) is 13.8. The van der Waals surface area contributed by atoms with Crippen LogP contribution in [0.1, 0.15) is 12.0 Å². The summed E-state index contributed by atoms with van der Waals surface area (Å²) in [5.74, 6) is 0.00191. The molecule has 0 aromatic heterocycles. The van der Waals surface area contributed by atoms with E-state index in [0.29, 0.717) is 12.1 Å². The second kappa shape index (κ2) is 5.72. The highest BCUT2D eigenvalue weighted by atomic mass is 16.2. The molecule has 1 aromatic carbocycles. The molecule has 0 spiro atoms. The van der Waals surface area contributed by atoms with Gasteiger partial charge in [0.05, 0.1) is 29.6 Å². The molecule has 1 aromatic rings. The summed E-state index contributed by atoms with van der Waals surface area (Å²) in [6.07, 6.45) is 0.983. The van der Waals surface area contributed by atoms with Gasteiger partial charge >= 0.3 is 0 Å². The van der Waals surface area contributed by atoms with E-state index < -0.39 is 0 Å². The van der Waals surface area contributed by atoms with Crippen LogP contribution in [-0.2, 0) is 4.79 Å². The molecule has 5 heteroatoms. The van der Waals surface area contributed by atoms with Crippen molar-refractivity contribution in [2.75, 3.05) is 43.9 Å². The maximum Gasteiger partial charge on any atom is 0.243 e. The number of rotatable bonds is 4. The number of fused-ring (bicyclic) bond motifs is 1. The van der Waals surface area contributed by atoms with Gasteiger partial charge in [-0.25, -0.2) is 0 Å². The fraction of sp³-hybridized carbons (Fsp3) is 0.429. The first-order chi connectivity index (χ1) is 9.10. The number of benzene rings is 1. The molecular formula is C14H18N4O. The van der Waals surface area contributed by atoms with Crippen LogP contribution in [0, 0.1) is 11.3 Å². The number of carbonyl (C=O) groups excluding carboxylic acids is 1. The van der Waals surface area contributed by atoms with E-state index in [2.05, 4.69) is 16.3 Å². The van der Waals surface area contributed by atoms with Crippen molar-refractivity contribution >= 4 is 17.3 Å². The number of hydrogen-bond donors (Lipinski definition) is 1. The molecule has 1 aliphatic rings. The normalized spacial score (nSPS) is 14.0. The Hall–Kier alpha value is -2.06. The molecule has 0 aliphatic carbocycles. The first kappa shape index (κ1) is 13.4. The van der Waals surface area contributed by atoms with E-state index in [1.165, 1.54) is 0 Å². The van der Waals surface area contributed by atoms with Crippen LogP contribution in [0.15, 0.2) is 18.2 Å². The molecule has 1 aliphatic heterocycles. The van der Waals surface area contributed by atoms with Gasteiger partial charge in [-0.3, -0.25) is 4.79 Å². The standard InChI is InChI=1S/C14H18N4O/c1-17(2)6-3-7-18-10-14(19)16-12-5-4-11(9-15)8-13(12)18/h4-5,8H,3,6-7,10H2,1-2H3,(H,16,19). The number of amides is 1. The van der Waals surface area contributed by atoms with E-state index in [-0.39, 0.29) is 5.91 Å². The van der Waals surface area contributed by atoms with Crippen LogP contribution < -0.4 is 10.2 Å². The Morgan fingerprint density at radius 1 is 1.47 bits per heavy atom. The number of nitrogens with zero attached hydrogens (tertiary/aromatic N) is 3. The Kier molecular flexibility index (Phi) is 4.03. The van der Waals surface area contributed by atoms with Crippen LogP contribution in [0.3, 0.4) is 0 Å². The smallest absolute Gasteiger partial charge is 0.243 e. The minimum absolute atomic E-state index is 0.00191. The SMILES string of the molecule is CN(C)CCCN1CC(=O)Nc2ccc(C#N)cc21. The Morgan fingerprint density at radius 3 is 2.95 bits per heavy atom. The maximum atomic E-state index is 11.7. The van der Waals surface area contributed by atoms with Crippen molar-refractivity contribution in [3.8, 4) is 6.07 Å². The Balaban J connectivity index is 2.17. The van der Waals surface area contributed by atoms with Crippen molar-refractivity contribution in [3.05, 3.63) is 23.8 Å².